The second-order valence-electron chi connectivity index (χ2n) is 6.11. The maximum absolute atomic E-state index is 13.0. The van der Waals surface area contributed by atoms with Gasteiger partial charge in [0.05, 0.1) is 16.6 Å². The van der Waals surface area contributed by atoms with Crippen LogP contribution in [0.15, 0.2) is 69.6 Å². The summed E-state index contributed by atoms with van der Waals surface area (Å²) in [5.41, 5.74) is 1.94. The normalized spacial score (nSPS) is 12.2. The quantitative estimate of drug-likeness (QED) is 0.280. The molecule has 0 radical (unpaired) electrons. The van der Waals surface area contributed by atoms with E-state index in [2.05, 4.69) is 36.4 Å². The zero-order valence-corrected chi connectivity index (χ0v) is 16.5. The van der Waals surface area contributed by atoms with Crippen molar-refractivity contribution in [2.24, 2.45) is 0 Å². The van der Waals surface area contributed by atoms with Crippen LogP contribution in [0.2, 0.25) is 0 Å². The van der Waals surface area contributed by atoms with Crippen molar-refractivity contribution in [1.29, 1.82) is 0 Å². The molecule has 0 saturated heterocycles. The summed E-state index contributed by atoms with van der Waals surface area (Å²) in [6.45, 7) is 0.358. The van der Waals surface area contributed by atoms with E-state index in [9.17, 15) is 13.2 Å². The monoisotopic (exact) mass is 481 g/mol. The minimum Gasteiger partial charge on any atom is -0.336 e. The molecule has 1 heterocycles. The number of hydrogen-bond donors (Lipinski definition) is 0. The molecule has 26 heavy (non-hydrogen) atoms. The molecule has 1 aromatic heterocycles. The topological polar surface area (TPSA) is 4.93 Å². The Morgan fingerprint density at radius 3 is 1.88 bits per heavy atom. The molecule has 0 N–H and O–H groups in total. The van der Waals surface area contributed by atoms with Crippen molar-refractivity contribution >= 4 is 53.7 Å². The fraction of sp³-hybridized carbons (Fsp3) is 0.100. The highest BCUT2D eigenvalue weighted by molar-refractivity contribution is 9.10. The van der Waals surface area contributed by atoms with Crippen LogP contribution in [-0.2, 0) is 12.7 Å². The summed E-state index contributed by atoms with van der Waals surface area (Å²) in [6.07, 6.45) is -4.34. The Labute approximate surface area is 164 Å². The van der Waals surface area contributed by atoms with E-state index in [0.717, 1.165) is 36.8 Å². The van der Waals surface area contributed by atoms with Crippen molar-refractivity contribution in [3.8, 4) is 0 Å². The Balaban J connectivity index is 1.93. The number of alkyl halides is 3. The predicted octanol–water partition coefficient (Wildman–Crippen LogP) is 7.39. The fourth-order valence-corrected chi connectivity index (χ4v) is 3.94. The second kappa shape index (κ2) is 6.43. The van der Waals surface area contributed by atoms with E-state index >= 15 is 0 Å². The fourth-order valence-electron chi connectivity index (χ4n) is 3.24. The van der Waals surface area contributed by atoms with Gasteiger partial charge in [-0.2, -0.15) is 13.2 Å². The Morgan fingerprint density at radius 1 is 0.769 bits per heavy atom. The molecule has 4 rings (SSSR count). The van der Waals surface area contributed by atoms with E-state index < -0.39 is 11.7 Å². The summed E-state index contributed by atoms with van der Waals surface area (Å²) in [4.78, 5) is 0. The Bertz CT molecular complexity index is 1070. The van der Waals surface area contributed by atoms with Gasteiger partial charge in [-0.05, 0) is 42.0 Å². The largest absolute Gasteiger partial charge is 0.416 e. The number of fused-ring (bicyclic) bond motifs is 3. The van der Waals surface area contributed by atoms with Crippen LogP contribution >= 0.6 is 31.9 Å². The molecule has 0 atom stereocenters. The molecule has 0 saturated carbocycles. The number of rotatable bonds is 2. The summed E-state index contributed by atoms with van der Waals surface area (Å²) in [5, 5.41) is 2.14. The third kappa shape index (κ3) is 3.16. The first-order chi connectivity index (χ1) is 12.3. The highest BCUT2D eigenvalue weighted by Gasteiger charge is 2.30. The Hall–Kier alpha value is -1.79. The molecule has 6 heteroatoms. The first-order valence-electron chi connectivity index (χ1n) is 7.86. The van der Waals surface area contributed by atoms with Gasteiger partial charge in [0, 0.05) is 26.3 Å². The third-order valence-electron chi connectivity index (χ3n) is 4.39. The lowest BCUT2D eigenvalue weighted by atomic mass is 10.1. The summed E-state index contributed by atoms with van der Waals surface area (Å²) < 4.78 is 43.0. The minimum atomic E-state index is -4.34. The standard InChI is InChI=1S/C20H12Br2F3N/c21-14-4-6-16-17-7-5-15(22)10-19(17)26(18(16)9-14)11-12-2-1-3-13(8-12)20(23,24)25/h1-10H,11H2. The van der Waals surface area contributed by atoms with Gasteiger partial charge >= 0.3 is 6.18 Å². The molecule has 132 valence electrons. The maximum Gasteiger partial charge on any atom is 0.416 e. The van der Waals surface area contributed by atoms with E-state index in [1.807, 2.05) is 36.4 Å². The summed E-state index contributed by atoms with van der Waals surface area (Å²) >= 11 is 6.98. The highest BCUT2D eigenvalue weighted by Crippen LogP contribution is 2.34. The molecular weight excluding hydrogens is 471 g/mol. The molecule has 0 aliphatic carbocycles. The average molecular weight is 483 g/mol. The molecule has 0 fully saturated rings. The van der Waals surface area contributed by atoms with Gasteiger partial charge < -0.3 is 4.57 Å². The summed E-state index contributed by atoms with van der Waals surface area (Å²) in [6, 6.07) is 17.5. The molecule has 3 aromatic carbocycles. The lowest BCUT2D eigenvalue weighted by Gasteiger charge is -2.11. The van der Waals surface area contributed by atoms with Crippen molar-refractivity contribution < 1.29 is 13.2 Å². The molecule has 0 unspecified atom stereocenters. The van der Waals surface area contributed by atoms with Crippen molar-refractivity contribution in [3.63, 3.8) is 0 Å². The number of benzene rings is 3. The first kappa shape index (κ1) is 17.6. The van der Waals surface area contributed by atoms with Gasteiger partial charge in [0.25, 0.3) is 0 Å². The van der Waals surface area contributed by atoms with Crippen LogP contribution in [0.3, 0.4) is 0 Å². The van der Waals surface area contributed by atoms with Crippen molar-refractivity contribution in [3.05, 3.63) is 80.7 Å². The van der Waals surface area contributed by atoms with Gasteiger partial charge in [-0.15, -0.1) is 0 Å². The second-order valence-corrected chi connectivity index (χ2v) is 7.94. The summed E-state index contributed by atoms with van der Waals surface area (Å²) in [7, 11) is 0. The predicted molar refractivity (Wildman–Crippen MR) is 105 cm³/mol. The highest BCUT2D eigenvalue weighted by atomic mass is 79.9. The lowest BCUT2D eigenvalue weighted by Crippen LogP contribution is -2.06. The first-order valence-corrected chi connectivity index (χ1v) is 9.45. The van der Waals surface area contributed by atoms with Crippen LogP contribution in [0.4, 0.5) is 13.2 Å². The molecule has 4 aromatic rings. The van der Waals surface area contributed by atoms with E-state index in [1.54, 1.807) is 6.07 Å². The van der Waals surface area contributed by atoms with Gasteiger partial charge in [0.2, 0.25) is 0 Å². The minimum absolute atomic E-state index is 0.358. The van der Waals surface area contributed by atoms with Crippen LogP contribution in [0, 0.1) is 0 Å². The van der Waals surface area contributed by atoms with Crippen LogP contribution < -0.4 is 0 Å². The molecule has 0 spiro atoms. The van der Waals surface area contributed by atoms with E-state index in [1.165, 1.54) is 12.1 Å². The number of hydrogen-bond acceptors (Lipinski definition) is 0. The van der Waals surface area contributed by atoms with E-state index in [-0.39, 0.29) is 0 Å². The molecule has 0 bridgehead atoms. The van der Waals surface area contributed by atoms with Gasteiger partial charge in [0.1, 0.15) is 0 Å². The van der Waals surface area contributed by atoms with Crippen LogP contribution in [0.1, 0.15) is 11.1 Å². The molecule has 0 amide bonds. The zero-order valence-electron chi connectivity index (χ0n) is 13.3. The Kier molecular flexibility index (Phi) is 4.35. The van der Waals surface area contributed by atoms with Gasteiger partial charge in [-0.25, -0.2) is 0 Å². The van der Waals surface area contributed by atoms with Gasteiger partial charge in [-0.3, -0.25) is 0 Å². The Morgan fingerprint density at radius 2 is 1.35 bits per heavy atom. The van der Waals surface area contributed by atoms with Gasteiger partial charge in [-0.1, -0.05) is 56.1 Å². The SMILES string of the molecule is FC(F)(F)c1cccc(Cn2c3cc(Br)ccc3c3ccc(Br)cc32)c1. The lowest BCUT2D eigenvalue weighted by molar-refractivity contribution is -0.137. The smallest absolute Gasteiger partial charge is 0.336 e. The van der Waals surface area contributed by atoms with E-state index in [0.29, 0.717) is 12.1 Å². The van der Waals surface area contributed by atoms with Crippen molar-refractivity contribution in [1.82, 2.24) is 4.57 Å². The van der Waals surface area contributed by atoms with Crippen molar-refractivity contribution in [2.45, 2.75) is 12.7 Å². The van der Waals surface area contributed by atoms with Crippen LogP contribution in [0.25, 0.3) is 21.8 Å². The van der Waals surface area contributed by atoms with Crippen LogP contribution in [-0.4, -0.2) is 4.57 Å². The molecule has 0 aliphatic rings. The summed E-state index contributed by atoms with van der Waals surface area (Å²) in [5.74, 6) is 0. The van der Waals surface area contributed by atoms with Gasteiger partial charge in [0.15, 0.2) is 0 Å². The third-order valence-corrected chi connectivity index (χ3v) is 5.37. The molecular formula is C20H12Br2F3N. The number of aromatic nitrogens is 1. The molecule has 0 aliphatic heterocycles. The average Bonchev–Trinajstić information content (AvgIpc) is 2.87. The zero-order chi connectivity index (χ0) is 18.5. The number of halogens is 5. The number of nitrogens with zero attached hydrogens (tertiary/aromatic N) is 1. The molecule has 1 nitrogen and oxygen atoms in total. The maximum atomic E-state index is 13.0. The van der Waals surface area contributed by atoms with Crippen LogP contribution in [0.5, 0.6) is 0 Å². The van der Waals surface area contributed by atoms with E-state index in [4.69, 9.17) is 0 Å². The van der Waals surface area contributed by atoms with Crippen molar-refractivity contribution in [2.75, 3.05) is 0 Å².